The number of aromatic nitrogens is 6. The van der Waals surface area contributed by atoms with Gasteiger partial charge in [0.2, 0.25) is 12.0 Å². The van der Waals surface area contributed by atoms with Crippen molar-refractivity contribution in [1.29, 1.82) is 0 Å². The molecule has 4 heterocycles. The topological polar surface area (TPSA) is 126 Å². The zero-order valence-electron chi connectivity index (χ0n) is 23.8. The molecule has 11 nitrogen and oxygen atoms in total. The Morgan fingerprint density at radius 2 is 1.85 bits per heavy atom. The van der Waals surface area contributed by atoms with Crippen molar-refractivity contribution in [2.75, 3.05) is 18.5 Å². The highest BCUT2D eigenvalue weighted by Crippen LogP contribution is 2.36. The standard InChI is InChI=1S/C27H33Cl2N7O4Si/c1-17(14-39-41(5,6)27(2,3)4)38-15-21(25(37)35-22-10-9-18(28)12-31-22)40-26-19-13-34-36(23(19)32-16-33-26)24-20(29)8-7-11-30-24/h7-13,16-17,21H,14-15H2,1-6H3,(H,31,35,37)/t17?,21-/m0/s1. The zero-order chi connectivity index (χ0) is 29.8. The average Bonchev–Trinajstić information content (AvgIpc) is 3.35. The number of nitrogens with one attached hydrogen (secondary N) is 1. The summed E-state index contributed by atoms with van der Waals surface area (Å²) in [5, 5.41) is 8.49. The van der Waals surface area contributed by atoms with E-state index in [1.54, 1.807) is 30.5 Å². The molecule has 0 spiro atoms. The first-order chi connectivity index (χ1) is 19.4. The fourth-order valence-corrected chi connectivity index (χ4v) is 4.80. The van der Waals surface area contributed by atoms with Crippen LogP contribution in [0, 0.1) is 0 Å². The number of hydrogen-bond donors (Lipinski definition) is 1. The molecule has 14 heteroatoms. The third-order valence-corrected chi connectivity index (χ3v) is 11.8. The normalized spacial score (nSPS) is 13.7. The van der Waals surface area contributed by atoms with E-state index in [9.17, 15) is 4.79 Å². The van der Waals surface area contributed by atoms with Gasteiger partial charge in [-0.25, -0.2) is 19.9 Å². The van der Waals surface area contributed by atoms with Gasteiger partial charge in [-0.3, -0.25) is 4.79 Å². The van der Waals surface area contributed by atoms with Gasteiger partial charge in [0.15, 0.2) is 19.8 Å². The fraction of sp³-hybridized carbons (Fsp3) is 0.407. The Morgan fingerprint density at radius 3 is 2.54 bits per heavy atom. The second-order valence-corrected chi connectivity index (χ2v) is 16.6. The van der Waals surface area contributed by atoms with E-state index in [0.717, 1.165) is 0 Å². The van der Waals surface area contributed by atoms with Gasteiger partial charge in [0.1, 0.15) is 17.5 Å². The minimum atomic E-state index is -1.97. The van der Waals surface area contributed by atoms with Gasteiger partial charge in [-0.1, -0.05) is 44.0 Å². The van der Waals surface area contributed by atoms with Crippen LogP contribution in [-0.2, 0) is 14.0 Å². The maximum absolute atomic E-state index is 13.4. The van der Waals surface area contributed by atoms with Crippen molar-refractivity contribution in [3.8, 4) is 11.7 Å². The number of anilines is 1. The Morgan fingerprint density at radius 1 is 1.07 bits per heavy atom. The van der Waals surface area contributed by atoms with Gasteiger partial charge >= 0.3 is 0 Å². The summed E-state index contributed by atoms with van der Waals surface area (Å²) in [6.45, 7) is 13.1. The van der Waals surface area contributed by atoms with E-state index in [2.05, 4.69) is 64.2 Å². The molecule has 1 unspecified atom stereocenters. The number of pyridine rings is 2. The van der Waals surface area contributed by atoms with E-state index in [1.807, 2.05) is 6.92 Å². The van der Waals surface area contributed by atoms with Crippen LogP contribution in [0.1, 0.15) is 27.7 Å². The molecular formula is C27H33Cl2N7O4Si. The molecule has 41 heavy (non-hydrogen) atoms. The fourth-order valence-electron chi connectivity index (χ4n) is 3.40. The molecule has 0 fully saturated rings. The summed E-state index contributed by atoms with van der Waals surface area (Å²) in [6, 6.07) is 6.64. The summed E-state index contributed by atoms with van der Waals surface area (Å²) < 4.78 is 19.9. The summed E-state index contributed by atoms with van der Waals surface area (Å²) in [5.41, 5.74) is 0.409. The molecule has 0 aliphatic heterocycles. The van der Waals surface area contributed by atoms with E-state index < -0.39 is 20.3 Å². The molecule has 0 radical (unpaired) electrons. The average molecular weight is 619 g/mol. The van der Waals surface area contributed by atoms with Gasteiger partial charge in [0.05, 0.1) is 35.6 Å². The Hall–Kier alpha value is -3.16. The number of rotatable bonds is 11. The summed E-state index contributed by atoms with van der Waals surface area (Å²) in [4.78, 5) is 30.4. The van der Waals surface area contributed by atoms with E-state index in [0.29, 0.717) is 39.3 Å². The predicted octanol–water partition coefficient (Wildman–Crippen LogP) is 5.73. The summed E-state index contributed by atoms with van der Waals surface area (Å²) >= 11 is 12.3. The lowest BCUT2D eigenvalue weighted by Gasteiger charge is -2.37. The first-order valence-corrected chi connectivity index (χ1v) is 16.7. The SMILES string of the molecule is CC(CO[Si](C)(C)C(C)(C)C)OC[C@H](Oc1ncnc2c1cnn2-c1ncccc1Cl)C(=O)Nc1ccc(Cl)cn1. The molecule has 0 bridgehead atoms. The van der Waals surface area contributed by atoms with Crippen molar-refractivity contribution in [2.45, 2.75) is 58.0 Å². The summed E-state index contributed by atoms with van der Waals surface area (Å²) in [6.07, 6.45) is 4.50. The molecule has 0 aromatic carbocycles. The van der Waals surface area contributed by atoms with Gasteiger partial charge in [-0.05, 0) is 49.3 Å². The third kappa shape index (κ3) is 7.57. The minimum Gasteiger partial charge on any atom is -0.461 e. The van der Waals surface area contributed by atoms with Crippen molar-refractivity contribution < 1.29 is 18.7 Å². The minimum absolute atomic E-state index is 0.0617. The highest BCUT2D eigenvalue weighted by atomic mass is 35.5. The van der Waals surface area contributed by atoms with E-state index in [4.69, 9.17) is 37.1 Å². The first-order valence-electron chi connectivity index (χ1n) is 13.0. The lowest BCUT2D eigenvalue weighted by atomic mass is 10.2. The lowest BCUT2D eigenvalue weighted by Crippen LogP contribution is -2.43. The van der Waals surface area contributed by atoms with E-state index in [1.165, 1.54) is 23.4 Å². The van der Waals surface area contributed by atoms with Crippen molar-refractivity contribution >= 4 is 54.3 Å². The summed E-state index contributed by atoms with van der Waals surface area (Å²) in [5.74, 6) is 0.374. The lowest BCUT2D eigenvalue weighted by molar-refractivity contribution is -0.127. The molecule has 4 rings (SSSR count). The van der Waals surface area contributed by atoms with Crippen molar-refractivity contribution in [1.82, 2.24) is 29.7 Å². The molecule has 0 aliphatic carbocycles. The molecule has 4 aromatic heterocycles. The van der Waals surface area contributed by atoms with E-state index >= 15 is 0 Å². The van der Waals surface area contributed by atoms with Crippen LogP contribution in [0.3, 0.4) is 0 Å². The monoisotopic (exact) mass is 617 g/mol. The molecule has 1 amide bonds. The van der Waals surface area contributed by atoms with Crippen LogP contribution in [0.2, 0.25) is 28.2 Å². The largest absolute Gasteiger partial charge is 0.461 e. The Balaban J connectivity index is 1.55. The quantitative estimate of drug-likeness (QED) is 0.210. The number of hydrogen-bond acceptors (Lipinski definition) is 9. The van der Waals surface area contributed by atoms with Crippen molar-refractivity contribution in [3.63, 3.8) is 0 Å². The van der Waals surface area contributed by atoms with Crippen LogP contribution < -0.4 is 10.1 Å². The Labute approximate surface area is 249 Å². The molecule has 2 atom stereocenters. The van der Waals surface area contributed by atoms with E-state index in [-0.39, 0.29) is 23.6 Å². The molecule has 4 aromatic rings. The zero-order valence-corrected chi connectivity index (χ0v) is 26.3. The molecule has 1 N–H and O–H groups in total. The maximum Gasteiger partial charge on any atom is 0.269 e. The number of ether oxygens (including phenoxy) is 2. The molecule has 0 saturated heterocycles. The molecule has 218 valence electrons. The van der Waals surface area contributed by atoms with Crippen LogP contribution in [-0.4, -0.2) is 69.4 Å². The smallest absolute Gasteiger partial charge is 0.269 e. The maximum atomic E-state index is 13.4. The van der Waals surface area contributed by atoms with Gasteiger partial charge in [0.25, 0.3) is 5.91 Å². The van der Waals surface area contributed by atoms with Gasteiger partial charge in [-0.15, -0.1) is 0 Å². The molecular weight excluding hydrogens is 585 g/mol. The number of carbonyl (C=O) groups excluding carboxylic acids is 1. The summed E-state index contributed by atoms with van der Waals surface area (Å²) in [7, 11) is -1.97. The number of carbonyl (C=O) groups is 1. The Kier molecular flexibility index (Phi) is 9.60. The number of fused-ring (bicyclic) bond motifs is 1. The van der Waals surface area contributed by atoms with Crippen molar-refractivity contribution in [2.24, 2.45) is 0 Å². The van der Waals surface area contributed by atoms with Crippen LogP contribution >= 0.6 is 23.2 Å². The van der Waals surface area contributed by atoms with Crippen LogP contribution in [0.25, 0.3) is 16.9 Å². The number of halogens is 2. The van der Waals surface area contributed by atoms with Crippen molar-refractivity contribution in [3.05, 3.63) is 59.2 Å². The van der Waals surface area contributed by atoms with Gasteiger partial charge in [0, 0.05) is 12.4 Å². The van der Waals surface area contributed by atoms with Crippen LogP contribution in [0.15, 0.2) is 49.2 Å². The third-order valence-electron chi connectivity index (χ3n) is 6.81. The molecule has 0 aliphatic rings. The second kappa shape index (κ2) is 12.8. The molecule has 0 saturated carbocycles. The van der Waals surface area contributed by atoms with Crippen LogP contribution in [0.4, 0.5) is 5.82 Å². The first kappa shape index (κ1) is 30.8. The Bertz CT molecular complexity index is 1500. The highest BCUT2D eigenvalue weighted by molar-refractivity contribution is 6.74. The second-order valence-electron chi connectivity index (χ2n) is 11.0. The number of amides is 1. The van der Waals surface area contributed by atoms with Gasteiger partial charge in [-0.2, -0.15) is 9.78 Å². The predicted molar refractivity (Wildman–Crippen MR) is 160 cm³/mol. The van der Waals surface area contributed by atoms with Crippen LogP contribution in [0.5, 0.6) is 5.88 Å². The number of nitrogens with zero attached hydrogens (tertiary/aromatic N) is 6. The highest BCUT2D eigenvalue weighted by Gasteiger charge is 2.37. The van der Waals surface area contributed by atoms with Gasteiger partial charge < -0.3 is 19.2 Å².